The Balaban J connectivity index is 2.01. The zero-order chi connectivity index (χ0) is 89.5. The van der Waals surface area contributed by atoms with E-state index >= 15 is 0 Å². The Hall–Kier alpha value is -6.37. The number of rotatable bonds is 52. The molecule has 8 bridgehead atoms. The summed E-state index contributed by atoms with van der Waals surface area (Å²) in [7, 11) is -9.18. The predicted octanol–water partition coefficient (Wildman–Crippen LogP) is 26.2. The van der Waals surface area contributed by atoms with Gasteiger partial charge in [-0.1, -0.05) is 240 Å². The van der Waals surface area contributed by atoms with Crippen LogP contribution < -0.4 is 18.9 Å². The van der Waals surface area contributed by atoms with Crippen LogP contribution in [0.1, 0.15) is 306 Å². The standard InChI is InChI=1S/C100H160O16Si4/c1-29-33-37-41-45-49-105-89-81-53-77(69-109-93(101)73(5)65-113-117(21,22)97(9,10)11)54-82(89)62-84-56-79(71-111-95(103)75(7)67-115-119(25,26)99(15,16)17)58-86(91(84)107-51-47-43-39-35-31-3)64-88-60-80(72-112-96(104)76(8)68-116-120(27,28)100(18,19)20)59-87(92(88)108-52-48-44-40-36-32-4)63-85-57-78(55-83(61-81)90(85)106-50-46-42-38-34-30-2)70-110-94(102)74(6)66-114-118(23,24)98(12,13)14/h53-60H,5-8,29-52,61-72H2,1-4,9-28H3. The Morgan fingerprint density at radius 1 is 0.275 bits per heavy atom. The van der Waals surface area contributed by atoms with E-state index < -0.39 is 57.1 Å². The SMILES string of the molecule is C=C(CO[Si](C)(C)C(C)(C)C)C(=O)OCc1cc2c(OCCCCCCC)c(c1)Cc1cc(COC(=O)C(=C)CO[Si](C)(C)C(C)(C)C)cc(c1OCCCCCCC)Cc1cc(COC(=O)C(=C)CO[Si](C)(C)C(C)(C)C)cc(c1OCCCCCCC)Cc1cc(COC(=O)C(=C)CO[Si](C)(C)C(C)(C)C)cc(c1OCCCCCCC)C2. The second kappa shape index (κ2) is 48.8. The van der Waals surface area contributed by atoms with Crippen molar-refractivity contribution >= 4 is 57.1 Å². The van der Waals surface area contributed by atoms with Crippen molar-refractivity contribution in [2.24, 2.45) is 0 Å². The van der Waals surface area contributed by atoms with Gasteiger partial charge in [0.2, 0.25) is 0 Å². The van der Waals surface area contributed by atoms with E-state index in [-0.39, 0.29) is 121 Å². The molecule has 1 aliphatic rings. The maximum Gasteiger partial charge on any atom is 0.336 e. The zero-order valence-electron chi connectivity index (χ0n) is 79.4. The zero-order valence-corrected chi connectivity index (χ0v) is 83.4. The molecule has 20 heteroatoms. The van der Waals surface area contributed by atoms with Crippen LogP contribution in [0, 0.1) is 0 Å². The number of benzene rings is 4. The van der Waals surface area contributed by atoms with Crippen molar-refractivity contribution in [3.63, 3.8) is 0 Å². The second-order valence-electron chi connectivity index (χ2n) is 39.6. The van der Waals surface area contributed by atoms with Crippen LogP contribution in [0.2, 0.25) is 72.5 Å². The molecule has 0 N–H and O–H groups in total. The first-order valence-corrected chi connectivity index (χ1v) is 56.9. The number of fused-ring (bicyclic) bond motifs is 8. The van der Waals surface area contributed by atoms with Crippen molar-refractivity contribution in [2.75, 3.05) is 52.9 Å². The third-order valence-corrected chi connectivity index (χ3v) is 42.9. The van der Waals surface area contributed by atoms with E-state index in [1.807, 2.05) is 0 Å². The van der Waals surface area contributed by atoms with Crippen LogP contribution in [0.25, 0.3) is 0 Å². The van der Waals surface area contributed by atoms with Gasteiger partial charge in [-0.2, -0.15) is 0 Å². The normalized spacial score (nSPS) is 13.0. The fourth-order valence-electron chi connectivity index (χ4n) is 12.9. The molecule has 4 aromatic carbocycles. The van der Waals surface area contributed by atoms with Gasteiger partial charge in [0, 0.05) is 25.7 Å². The van der Waals surface area contributed by atoms with E-state index in [9.17, 15) is 19.2 Å². The summed E-state index contributed by atoms with van der Waals surface area (Å²) in [6.45, 7) is 70.3. The Labute approximate surface area is 731 Å². The Bertz CT molecular complexity index is 3400. The van der Waals surface area contributed by atoms with Gasteiger partial charge in [0.05, 0.1) is 75.1 Å². The molecule has 672 valence electrons. The van der Waals surface area contributed by atoms with Crippen molar-refractivity contribution in [3.05, 3.63) is 164 Å². The van der Waals surface area contributed by atoms with E-state index in [2.05, 4.69) is 238 Å². The minimum atomic E-state index is -2.29. The summed E-state index contributed by atoms with van der Waals surface area (Å²) in [5.41, 5.74) is 10.2. The predicted molar refractivity (Wildman–Crippen MR) is 502 cm³/mol. The van der Waals surface area contributed by atoms with E-state index in [0.29, 0.717) is 71.7 Å². The van der Waals surface area contributed by atoms with Gasteiger partial charge < -0.3 is 55.6 Å². The summed E-state index contributed by atoms with van der Waals surface area (Å²) in [6, 6.07) is 16.7. The molecule has 0 radical (unpaired) electrons. The van der Waals surface area contributed by atoms with Crippen LogP contribution in [0.3, 0.4) is 0 Å². The first kappa shape index (κ1) is 104. The smallest absolute Gasteiger partial charge is 0.336 e. The summed E-state index contributed by atoms with van der Waals surface area (Å²) in [5, 5.41) is -0.415. The lowest BCUT2D eigenvalue weighted by Crippen LogP contribution is -2.41. The van der Waals surface area contributed by atoms with Crippen molar-refractivity contribution in [1.82, 2.24) is 0 Å². The highest BCUT2D eigenvalue weighted by Gasteiger charge is 2.41. The van der Waals surface area contributed by atoms with E-state index in [0.717, 1.165) is 173 Å². The molecule has 16 nitrogen and oxygen atoms in total. The molecular formula is C100H160O16Si4. The molecule has 0 unspecified atom stereocenters. The van der Waals surface area contributed by atoms with Crippen LogP contribution in [0.15, 0.2) is 97.1 Å². The van der Waals surface area contributed by atoms with Gasteiger partial charge >= 0.3 is 23.9 Å². The monoisotopic (exact) mass is 1730 g/mol. The van der Waals surface area contributed by atoms with Gasteiger partial charge in [-0.3, -0.25) is 0 Å². The molecule has 120 heavy (non-hydrogen) atoms. The summed E-state index contributed by atoms with van der Waals surface area (Å²) in [4.78, 5) is 57.7. The van der Waals surface area contributed by atoms with Crippen LogP contribution in [-0.4, -0.2) is 110 Å². The summed E-state index contributed by atoms with van der Waals surface area (Å²) < 4.78 is 81.1. The van der Waals surface area contributed by atoms with Crippen molar-refractivity contribution in [3.8, 4) is 23.0 Å². The highest BCUT2D eigenvalue weighted by molar-refractivity contribution is 6.75. The van der Waals surface area contributed by atoms with E-state index in [1.54, 1.807) is 0 Å². The van der Waals surface area contributed by atoms with Gasteiger partial charge in [-0.15, -0.1) is 0 Å². The van der Waals surface area contributed by atoms with Gasteiger partial charge in [0.25, 0.3) is 0 Å². The number of unbranched alkanes of at least 4 members (excludes halogenated alkanes) is 16. The second-order valence-corrected chi connectivity index (χ2v) is 58.9. The quantitative estimate of drug-likeness (QED) is 0.0118. The average Bonchev–Trinajstić information content (AvgIpc) is 0.768. The number of esters is 4. The van der Waals surface area contributed by atoms with Gasteiger partial charge in [0.1, 0.15) is 49.4 Å². The average molecular weight is 1730 g/mol. The fraction of sp³-hybridized carbons (Fsp3) is 0.640. The van der Waals surface area contributed by atoms with E-state index in [1.165, 1.54) is 0 Å². The molecule has 0 aromatic heterocycles. The van der Waals surface area contributed by atoms with Crippen molar-refractivity contribution in [2.45, 2.75) is 364 Å². The molecule has 0 saturated heterocycles. The van der Waals surface area contributed by atoms with Gasteiger partial charge in [-0.05, 0) is 214 Å². The molecule has 0 atom stereocenters. The Morgan fingerprint density at radius 3 is 0.583 bits per heavy atom. The molecule has 4 aromatic rings. The Kier molecular flexibility index (Phi) is 42.3. The molecule has 0 fully saturated rings. The number of carbonyl (C=O) groups excluding carboxylic acids is 4. The minimum Gasteiger partial charge on any atom is -0.493 e. The van der Waals surface area contributed by atoms with Gasteiger partial charge in [0.15, 0.2) is 33.3 Å². The molecule has 0 heterocycles. The summed E-state index contributed by atoms with van der Waals surface area (Å²) in [6.07, 6.45) is 21.1. The van der Waals surface area contributed by atoms with Crippen LogP contribution in [0.4, 0.5) is 0 Å². The molecular weight excluding hydrogens is 1570 g/mol. The summed E-state index contributed by atoms with van der Waals surface area (Å²) >= 11 is 0. The highest BCUT2D eigenvalue weighted by atomic mass is 28.4. The van der Waals surface area contributed by atoms with Crippen molar-refractivity contribution < 1.29 is 74.8 Å². The molecule has 0 spiro atoms. The third kappa shape index (κ3) is 33.6. The first-order chi connectivity index (χ1) is 56.2. The topological polar surface area (TPSA) is 179 Å². The molecule has 1 aliphatic carbocycles. The highest BCUT2D eigenvalue weighted by Crippen LogP contribution is 2.45. The van der Waals surface area contributed by atoms with Crippen LogP contribution >= 0.6 is 0 Å². The van der Waals surface area contributed by atoms with Crippen molar-refractivity contribution in [1.29, 1.82) is 0 Å². The fourth-order valence-corrected chi connectivity index (χ4v) is 16.8. The number of ether oxygens (including phenoxy) is 8. The lowest BCUT2D eigenvalue weighted by atomic mass is 9.88. The largest absolute Gasteiger partial charge is 0.493 e. The van der Waals surface area contributed by atoms with Gasteiger partial charge in [-0.25, -0.2) is 19.2 Å². The number of carbonyl (C=O) groups is 4. The number of hydrogen-bond acceptors (Lipinski definition) is 16. The first-order valence-electron chi connectivity index (χ1n) is 45.2. The molecule has 0 amide bonds. The molecule has 0 aliphatic heterocycles. The third-order valence-electron chi connectivity index (χ3n) is 25.0. The van der Waals surface area contributed by atoms with Crippen LogP contribution in [0.5, 0.6) is 23.0 Å². The maximum atomic E-state index is 14.4. The van der Waals surface area contributed by atoms with E-state index in [4.69, 9.17) is 55.6 Å². The Morgan fingerprint density at radius 2 is 0.433 bits per heavy atom. The lowest BCUT2D eigenvalue weighted by Gasteiger charge is -2.36. The number of hydrogen-bond donors (Lipinski definition) is 0. The molecule has 5 rings (SSSR count). The minimum absolute atomic E-state index is 0.0358. The molecule has 0 saturated carbocycles. The summed E-state index contributed by atoms with van der Waals surface area (Å²) in [5.74, 6) is 0.402. The maximum absolute atomic E-state index is 14.4. The lowest BCUT2D eigenvalue weighted by molar-refractivity contribution is -0.141. The van der Waals surface area contributed by atoms with Crippen LogP contribution in [-0.2, 0) is 108 Å².